The van der Waals surface area contributed by atoms with E-state index in [1.807, 2.05) is 0 Å². The summed E-state index contributed by atoms with van der Waals surface area (Å²) in [4.78, 5) is 12.5. The molecule has 1 heterocycles. The first-order valence-electron chi connectivity index (χ1n) is 6.33. The number of nitrogens with one attached hydrogen (secondary N) is 1. The Morgan fingerprint density at radius 3 is 2.62 bits per heavy atom. The van der Waals surface area contributed by atoms with E-state index < -0.39 is 27.7 Å². The summed E-state index contributed by atoms with van der Waals surface area (Å²) in [7, 11) is 2.95. The smallest absolute Gasteiger partial charge is 0.459 e. The van der Waals surface area contributed by atoms with Crippen LogP contribution < -0.4 is 5.32 Å². The van der Waals surface area contributed by atoms with Gasteiger partial charge in [-0.25, -0.2) is 0 Å². The highest BCUT2D eigenvalue weighted by Crippen LogP contribution is 2.33. The third-order valence-corrected chi connectivity index (χ3v) is 4.07. The first-order chi connectivity index (χ1) is 9.65. The molecule has 21 heavy (non-hydrogen) atoms. The Kier molecular flexibility index (Phi) is 5.83. The molecule has 0 spiro atoms. The minimum Gasteiger partial charge on any atom is -0.605 e. The maximum absolute atomic E-state index is 14.5. The van der Waals surface area contributed by atoms with Gasteiger partial charge in [0.1, 0.15) is 5.60 Å². The van der Waals surface area contributed by atoms with Crippen LogP contribution in [0, 0.1) is 0 Å². The van der Waals surface area contributed by atoms with Gasteiger partial charge >= 0.3 is 5.25 Å². The maximum Gasteiger partial charge on any atom is 0.459 e. The van der Waals surface area contributed by atoms with Gasteiger partial charge in [0.2, 0.25) is 0 Å². The number of hydrogen-bond acceptors (Lipinski definition) is 6. The van der Waals surface area contributed by atoms with Gasteiger partial charge in [-0.3, -0.25) is 9.98 Å². The Morgan fingerprint density at radius 2 is 2.19 bits per heavy atom. The summed E-state index contributed by atoms with van der Waals surface area (Å²) in [6.07, 6.45) is 0.0802. The molecule has 0 aromatic heterocycles. The van der Waals surface area contributed by atoms with Gasteiger partial charge in [-0.2, -0.15) is 0 Å². The molecule has 0 fully saturated rings. The second kappa shape index (κ2) is 6.80. The Labute approximate surface area is 125 Å². The average Bonchev–Trinajstić information content (AvgIpc) is 2.77. The molecule has 0 aliphatic carbocycles. The first kappa shape index (κ1) is 18.0. The summed E-state index contributed by atoms with van der Waals surface area (Å²) >= 11 is -2.66. The molecule has 9 heteroatoms. The summed E-state index contributed by atoms with van der Waals surface area (Å²) in [5, 5.41) is 2.32. The summed E-state index contributed by atoms with van der Waals surface area (Å²) in [6, 6.07) is 0. The van der Waals surface area contributed by atoms with Crippen molar-refractivity contribution in [1.82, 2.24) is 5.32 Å². The van der Waals surface area contributed by atoms with E-state index >= 15 is 0 Å². The molecule has 0 radical (unpaired) electrons. The van der Waals surface area contributed by atoms with Crippen molar-refractivity contribution < 1.29 is 18.2 Å². The molecule has 0 bridgehead atoms. The number of aliphatic imine (C=N–C) groups is 2. The first-order valence-corrected chi connectivity index (χ1v) is 7.48. The van der Waals surface area contributed by atoms with Crippen LogP contribution in [0.15, 0.2) is 15.1 Å². The van der Waals surface area contributed by atoms with Crippen LogP contribution in [0.5, 0.6) is 0 Å². The quantitative estimate of drug-likeness (QED) is 0.616. The van der Waals surface area contributed by atoms with Crippen LogP contribution in [0.1, 0.15) is 27.2 Å². The zero-order chi connectivity index (χ0) is 16.3. The highest BCUT2D eigenvalue weighted by atomic mass is 32.2. The Balaban J connectivity index is 3.06. The molecule has 1 atom stereocenters. The fourth-order valence-corrected chi connectivity index (χ4v) is 2.89. The molecule has 0 aromatic carbocycles. The number of nitrogens with zero attached hydrogens (tertiary/aromatic N) is 3. The molecule has 1 aliphatic rings. The standard InChI is InChI=1S/C12H20F2N4O2S/c1-8(16-5)10(17-7-15-4)12(13,14)21(19)9-6-11(2,3)20-18-9/h15H,6-7H2,1-5H3/b16-8-,17-10+. The van der Waals surface area contributed by atoms with Gasteiger partial charge in [-0.1, -0.05) is 0 Å². The van der Waals surface area contributed by atoms with Crippen LogP contribution in [0.2, 0.25) is 0 Å². The molecule has 120 valence electrons. The number of halogens is 2. The van der Waals surface area contributed by atoms with Crippen LogP contribution in [0.3, 0.4) is 0 Å². The third-order valence-electron chi connectivity index (χ3n) is 2.77. The van der Waals surface area contributed by atoms with Crippen molar-refractivity contribution in [3.63, 3.8) is 0 Å². The normalized spacial score (nSPS) is 21.0. The number of hydrogen-bond donors (Lipinski definition) is 1. The van der Waals surface area contributed by atoms with Crippen molar-refractivity contribution in [3.05, 3.63) is 0 Å². The fourth-order valence-electron chi connectivity index (χ4n) is 1.62. The van der Waals surface area contributed by atoms with Crippen LogP contribution >= 0.6 is 0 Å². The van der Waals surface area contributed by atoms with E-state index in [9.17, 15) is 13.3 Å². The highest BCUT2D eigenvalue weighted by Gasteiger charge is 2.55. The zero-order valence-electron chi connectivity index (χ0n) is 12.7. The van der Waals surface area contributed by atoms with E-state index in [1.54, 1.807) is 20.9 Å². The molecule has 0 saturated heterocycles. The number of rotatable bonds is 5. The summed E-state index contributed by atoms with van der Waals surface area (Å²) in [5.74, 6) is 0. The summed E-state index contributed by atoms with van der Waals surface area (Å²) in [5.41, 5.74) is -1.30. The number of oxime groups is 1. The lowest BCUT2D eigenvalue weighted by molar-refractivity contribution is 0.0123. The molecule has 1 unspecified atom stereocenters. The van der Waals surface area contributed by atoms with Gasteiger partial charge in [0, 0.05) is 7.05 Å². The molecular weight excluding hydrogens is 302 g/mol. The van der Waals surface area contributed by atoms with Crippen molar-refractivity contribution in [2.45, 2.75) is 38.0 Å². The van der Waals surface area contributed by atoms with Crippen LogP contribution in [0.4, 0.5) is 8.78 Å². The Hall–Kier alpha value is -1.06. The van der Waals surface area contributed by atoms with Gasteiger partial charge in [0.15, 0.2) is 5.71 Å². The molecule has 1 N–H and O–H groups in total. The van der Waals surface area contributed by atoms with E-state index in [2.05, 4.69) is 20.5 Å². The molecular formula is C12H20F2N4O2S. The molecule has 0 saturated carbocycles. The van der Waals surface area contributed by atoms with Gasteiger partial charge in [-0.15, -0.1) is 8.78 Å². The van der Waals surface area contributed by atoms with E-state index in [-0.39, 0.29) is 23.8 Å². The monoisotopic (exact) mass is 322 g/mol. The van der Waals surface area contributed by atoms with Crippen molar-refractivity contribution in [2.75, 3.05) is 20.8 Å². The van der Waals surface area contributed by atoms with E-state index in [4.69, 9.17) is 4.84 Å². The lowest BCUT2D eigenvalue weighted by atomic mass is 10.1. The van der Waals surface area contributed by atoms with Crippen LogP contribution in [-0.4, -0.2) is 52.6 Å². The third kappa shape index (κ3) is 4.21. The largest absolute Gasteiger partial charge is 0.605 e. The van der Waals surface area contributed by atoms with Crippen molar-refractivity contribution in [2.24, 2.45) is 15.1 Å². The van der Waals surface area contributed by atoms with Crippen molar-refractivity contribution in [3.8, 4) is 0 Å². The van der Waals surface area contributed by atoms with E-state index in [0.717, 1.165) is 0 Å². The van der Waals surface area contributed by atoms with Gasteiger partial charge in [0.25, 0.3) is 5.04 Å². The predicted octanol–water partition coefficient (Wildman–Crippen LogP) is 1.55. The van der Waals surface area contributed by atoms with Gasteiger partial charge in [0.05, 0.1) is 30.0 Å². The second-order valence-corrected chi connectivity index (χ2v) is 6.65. The number of alkyl halides is 2. The molecule has 0 aromatic rings. The Bertz CT molecular complexity index is 478. The molecule has 6 nitrogen and oxygen atoms in total. The lowest BCUT2D eigenvalue weighted by Crippen LogP contribution is -2.45. The van der Waals surface area contributed by atoms with Crippen LogP contribution in [0.25, 0.3) is 0 Å². The predicted molar refractivity (Wildman–Crippen MR) is 80.7 cm³/mol. The molecule has 1 rings (SSSR count). The molecule has 0 amide bonds. The fraction of sp³-hybridized carbons (Fsp3) is 0.750. The Morgan fingerprint density at radius 1 is 1.57 bits per heavy atom. The van der Waals surface area contributed by atoms with Crippen molar-refractivity contribution in [1.29, 1.82) is 0 Å². The van der Waals surface area contributed by atoms with Gasteiger partial charge < -0.3 is 14.7 Å². The summed E-state index contributed by atoms with van der Waals surface area (Å²) < 4.78 is 41.1. The minimum absolute atomic E-state index is 0.0244. The van der Waals surface area contributed by atoms with Gasteiger partial charge in [-0.05, 0) is 33.0 Å². The van der Waals surface area contributed by atoms with Crippen LogP contribution in [-0.2, 0) is 16.0 Å². The second-order valence-electron chi connectivity index (χ2n) is 5.13. The minimum atomic E-state index is -3.68. The average molecular weight is 322 g/mol. The van der Waals surface area contributed by atoms with E-state index in [1.165, 1.54) is 14.0 Å². The SMILES string of the molecule is C/N=C(C)\C(=N/CNC)C(F)(F)[S+]([O-])C1=NOC(C)(C)C1. The lowest BCUT2D eigenvalue weighted by Gasteiger charge is -2.21. The van der Waals surface area contributed by atoms with E-state index in [0.29, 0.717) is 0 Å². The summed E-state index contributed by atoms with van der Waals surface area (Å²) in [6.45, 7) is 4.75. The maximum atomic E-state index is 14.5. The molecule has 1 aliphatic heterocycles. The topological polar surface area (TPSA) is 81.4 Å². The van der Waals surface area contributed by atoms with Crippen molar-refractivity contribution >= 4 is 27.6 Å². The highest BCUT2D eigenvalue weighted by molar-refractivity contribution is 8.08. The zero-order valence-corrected chi connectivity index (χ0v) is 13.6.